The van der Waals surface area contributed by atoms with Gasteiger partial charge in [-0.25, -0.2) is 0 Å². The van der Waals surface area contributed by atoms with Gasteiger partial charge in [0, 0.05) is 18.1 Å². The molecule has 4 heteroatoms. The van der Waals surface area contributed by atoms with Gasteiger partial charge in [0.1, 0.15) is 0 Å². The van der Waals surface area contributed by atoms with Crippen LogP contribution in [0.5, 0.6) is 0 Å². The summed E-state index contributed by atoms with van der Waals surface area (Å²) in [5, 5.41) is 4.84. The quantitative estimate of drug-likeness (QED) is 0.919. The van der Waals surface area contributed by atoms with Gasteiger partial charge in [0.05, 0.1) is 16.7 Å². The van der Waals surface area contributed by atoms with Gasteiger partial charge in [-0.15, -0.1) is 0 Å². The van der Waals surface area contributed by atoms with Crippen molar-refractivity contribution in [2.45, 2.75) is 25.3 Å². The molecule has 1 saturated carbocycles. The fourth-order valence-electron chi connectivity index (χ4n) is 3.93. The van der Waals surface area contributed by atoms with Crippen LogP contribution in [0.25, 0.3) is 0 Å². The molecule has 2 fully saturated rings. The number of rotatable bonds is 4. The monoisotopic (exact) mass is 299 g/mol. The van der Waals surface area contributed by atoms with Gasteiger partial charge in [-0.3, -0.25) is 0 Å². The largest absolute Gasteiger partial charge is 0.381 e. The number of fused-ring (bicyclic) bond motifs is 1. The van der Waals surface area contributed by atoms with Gasteiger partial charge in [-0.05, 0) is 49.9 Å². The lowest BCUT2D eigenvalue weighted by Gasteiger charge is -2.23. The van der Waals surface area contributed by atoms with E-state index in [0.29, 0.717) is 27.9 Å². The summed E-state index contributed by atoms with van der Waals surface area (Å²) in [7, 11) is 0. The van der Waals surface area contributed by atoms with Crippen LogP contribution >= 0.6 is 23.2 Å². The van der Waals surface area contributed by atoms with Gasteiger partial charge in [0.2, 0.25) is 0 Å². The molecule has 1 heterocycles. The van der Waals surface area contributed by atoms with E-state index in [1.54, 1.807) is 0 Å². The molecule has 19 heavy (non-hydrogen) atoms. The first-order chi connectivity index (χ1) is 9.12. The Bertz CT molecular complexity index is 493. The zero-order chi connectivity index (χ0) is 13.6. The molecule has 0 radical (unpaired) electrons. The maximum Gasteiger partial charge on any atom is 0.0595 e. The van der Waals surface area contributed by atoms with E-state index in [4.69, 9.17) is 27.9 Å². The number of ether oxygens (including phenoxy) is 1. The van der Waals surface area contributed by atoms with E-state index >= 15 is 0 Å². The molecule has 3 rings (SSSR count). The molecule has 2 nitrogen and oxygen atoms in total. The van der Waals surface area contributed by atoms with Gasteiger partial charge < -0.3 is 10.1 Å². The normalized spacial score (nSPS) is 36.3. The lowest BCUT2D eigenvalue weighted by Crippen LogP contribution is -2.35. The molecular weight excluding hydrogens is 281 g/mol. The summed E-state index contributed by atoms with van der Waals surface area (Å²) >= 11 is 12.2. The lowest BCUT2D eigenvalue weighted by molar-refractivity contribution is 0.124. The molecule has 0 spiro atoms. The first-order valence-corrected chi connectivity index (χ1v) is 7.64. The van der Waals surface area contributed by atoms with Crippen LogP contribution < -0.4 is 5.32 Å². The fourth-order valence-corrected chi connectivity index (χ4v) is 4.23. The zero-order valence-corrected chi connectivity index (χ0v) is 12.8. The molecule has 104 valence electrons. The average Bonchev–Trinajstić information content (AvgIpc) is 2.92. The molecule has 1 aromatic carbocycles. The van der Waals surface area contributed by atoms with Gasteiger partial charge >= 0.3 is 0 Å². The summed E-state index contributed by atoms with van der Waals surface area (Å²) < 4.78 is 5.66. The summed E-state index contributed by atoms with van der Waals surface area (Å²) in [4.78, 5) is 0. The van der Waals surface area contributed by atoms with Gasteiger partial charge in [-0.2, -0.15) is 0 Å². The van der Waals surface area contributed by atoms with E-state index in [1.807, 2.05) is 19.1 Å². The second-order valence-electron chi connectivity index (χ2n) is 5.56. The van der Waals surface area contributed by atoms with Crippen LogP contribution in [-0.2, 0) is 10.2 Å². The molecule has 2 aliphatic rings. The third kappa shape index (κ3) is 1.92. The van der Waals surface area contributed by atoms with Crippen molar-refractivity contribution in [2.75, 3.05) is 19.8 Å². The molecular formula is C15H19Cl2NO. The predicted octanol–water partition coefficient (Wildman–Crippen LogP) is 3.51. The molecule has 1 aromatic rings. The summed E-state index contributed by atoms with van der Waals surface area (Å²) in [5.41, 5.74) is 1.48. The van der Waals surface area contributed by atoms with Crippen LogP contribution in [0.4, 0.5) is 0 Å². The number of hydrogen-bond acceptors (Lipinski definition) is 2. The van der Waals surface area contributed by atoms with Crippen LogP contribution in [0.3, 0.4) is 0 Å². The molecule has 1 N–H and O–H groups in total. The molecule has 1 saturated heterocycles. The second-order valence-corrected chi connectivity index (χ2v) is 6.38. The minimum atomic E-state index is 0.184. The van der Waals surface area contributed by atoms with Crippen molar-refractivity contribution in [1.29, 1.82) is 0 Å². The topological polar surface area (TPSA) is 21.3 Å². The summed E-state index contributed by atoms with van der Waals surface area (Å²) in [6, 6.07) is 6.52. The van der Waals surface area contributed by atoms with Crippen molar-refractivity contribution in [3.63, 3.8) is 0 Å². The summed E-state index contributed by atoms with van der Waals surface area (Å²) in [6.07, 6.45) is 0. The Balaban J connectivity index is 1.93. The first-order valence-electron chi connectivity index (χ1n) is 6.89. The van der Waals surface area contributed by atoms with E-state index in [1.165, 1.54) is 5.56 Å². The lowest BCUT2D eigenvalue weighted by atomic mass is 9.87. The Kier molecular flexibility index (Phi) is 3.55. The van der Waals surface area contributed by atoms with Crippen LogP contribution in [0.15, 0.2) is 18.2 Å². The van der Waals surface area contributed by atoms with Gasteiger partial charge in [0.25, 0.3) is 0 Å². The Labute approximate surface area is 124 Å². The Morgan fingerprint density at radius 3 is 2.84 bits per heavy atom. The minimum absolute atomic E-state index is 0.184. The Morgan fingerprint density at radius 2 is 2.16 bits per heavy atom. The van der Waals surface area contributed by atoms with E-state index in [0.717, 1.165) is 19.8 Å². The van der Waals surface area contributed by atoms with Crippen molar-refractivity contribution in [3.8, 4) is 0 Å². The van der Waals surface area contributed by atoms with Crippen molar-refractivity contribution < 1.29 is 4.74 Å². The van der Waals surface area contributed by atoms with E-state index < -0.39 is 0 Å². The number of benzene rings is 1. The summed E-state index contributed by atoms with van der Waals surface area (Å²) in [5.74, 6) is 1.26. The molecule has 0 bridgehead atoms. The van der Waals surface area contributed by atoms with Crippen molar-refractivity contribution >= 4 is 23.2 Å². The highest BCUT2D eigenvalue weighted by atomic mass is 35.5. The maximum absolute atomic E-state index is 6.19. The SMILES string of the molecule is CCOCC1C2CN[C@H](C)C21c1ccc(Cl)c(Cl)c1. The highest BCUT2D eigenvalue weighted by Gasteiger charge is 2.70. The van der Waals surface area contributed by atoms with E-state index in [-0.39, 0.29) is 5.41 Å². The molecule has 0 aromatic heterocycles. The fraction of sp³-hybridized carbons (Fsp3) is 0.600. The molecule has 4 atom stereocenters. The highest BCUT2D eigenvalue weighted by Crippen LogP contribution is 2.65. The minimum Gasteiger partial charge on any atom is -0.381 e. The standard InChI is InChI=1S/C15H19Cl2NO/c1-3-19-8-12-11-7-18-9(2)15(11,12)10-4-5-13(16)14(17)6-10/h4-6,9,11-12,18H,3,7-8H2,1-2H3/t9-,11?,12?,15?/m1/s1. The van der Waals surface area contributed by atoms with E-state index in [2.05, 4.69) is 18.3 Å². The third-order valence-corrected chi connectivity index (χ3v) is 5.62. The molecule has 1 aliphatic heterocycles. The van der Waals surface area contributed by atoms with E-state index in [9.17, 15) is 0 Å². The maximum atomic E-state index is 6.19. The van der Waals surface area contributed by atoms with Crippen molar-refractivity contribution in [2.24, 2.45) is 11.8 Å². The Hall–Kier alpha value is -0.280. The summed E-state index contributed by atoms with van der Waals surface area (Å²) in [6.45, 7) is 7.00. The molecule has 3 unspecified atom stereocenters. The number of halogens is 2. The third-order valence-electron chi connectivity index (χ3n) is 4.89. The molecule has 1 aliphatic carbocycles. The van der Waals surface area contributed by atoms with Crippen molar-refractivity contribution in [1.82, 2.24) is 5.32 Å². The van der Waals surface area contributed by atoms with Crippen LogP contribution in [-0.4, -0.2) is 25.8 Å². The number of piperidine rings is 1. The Morgan fingerprint density at radius 1 is 1.37 bits per heavy atom. The van der Waals surface area contributed by atoms with Gasteiger partial charge in [-0.1, -0.05) is 29.3 Å². The van der Waals surface area contributed by atoms with Gasteiger partial charge in [0.15, 0.2) is 0 Å². The highest BCUT2D eigenvalue weighted by molar-refractivity contribution is 6.42. The van der Waals surface area contributed by atoms with Crippen LogP contribution in [0.1, 0.15) is 19.4 Å². The van der Waals surface area contributed by atoms with Crippen LogP contribution in [0.2, 0.25) is 10.0 Å². The van der Waals surface area contributed by atoms with Crippen LogP contribution in [0, 0.1) is 11.8 Å². The molecule has 0 amide bonds. The first kappa shape index (κ1) is 13.7. The predicted molar refractivity (Wildman–Crippen MR) is 79.1 cm³/mol. The zero-order valence-electron chi connectivity index (χ0n) is 11.2. The van der Waals surface area contributed by atoms with Crippen molar-refractivity contribution in [3.05, 3.63) is 33.8 Å². The number of hydrogen-bond donors (Lipinski definition) is 1. The second kappa shape index (κ2) is 4.92. The number of nitrogens with one attached hydrogen (secondary N) is 1. The smallest absolute Gasteiger partial charge is 0.0595 e. The average molecular weight is 300 g/mol.